The van der Waals surface area contributed by atoms with E-state index in [-0.39, 0.29) is 0 Å². The highest BCUT2D eigenvalue weighted by molar-refractivity contribution is 6.23. The molecule has 0 saturated carbocycles. The second-order valence-corrected chi connectivity index (χ2v) is 5.00. The fourth-order valence-corrected chi connectivity index (χ4v) is 2.88. The standard InChI is InChI=1S/C14H14N4/c1-6-3-8-9-5-11(15)18-12(9)10-4-7(2)17-14(10)13(8)16-6/h3-5,16-18H,15H2,1-2H3. The molecule has 5 N–H and O–H groups in total. The van der Waals surface area contributed by atoms with Crippen molar-refractivity contribution in [1.82, 2.24) is 15.0 Å². The van der Waals surface area contributed by atoms with Crippen molar-refractivity contribution in [1.29, 1.82) is 0 Å². The van der Waals surface area contributed by atoms with Crippen LogP contribution < -0.4 is 5.73 Å². The van der Waals surface area contributed by atoms with Crippen LogP contribution in [0.2, 0.25) is 0 Å². The number of H-pyrrole nitrogens is 3. The zero-order chi connectivity index (χ0) is 12.4. The Balaban J connectivity index is 2.43. The molecule has 4 nitrogen and oxygen atoms in total. The van der Waals surface area contributed by atoms with Gasteiger partial charge in [-0.05, 0) is 32.0 Å². The maximum atomic E-state index is 5.91. The van der Waals surface area contributed by atoms with Crippen molar-refractivity contribution in [3.05, 3.63) is 29.6 Å². The molecule has 4 aromatic rings. The van der Waals surface area contributed by atoms with Crippen LogP contribution in [0.25, 0.3) is 32.7 Å². The summed E-state index contributed by atoms with van der Waals surface area (Å²) in [5.41, 5.74) is 11.6. The van der Waals surface area contributed by atoms with Crippen LogP contribution in [0.4, 0.5) is 5.82 Å². The van der Waals surface area contributed by atoms with E-state index in [1.807, 2.05) is 6.07 Å². The Kier molecular flexibility index (Phi) is 1.56. The number of hydrogen-bond donors (Lipinski definition) is 4. The largest absolute Gasteiger partial charge is 0.385 e. The van der Waals surface area contributed by atoms with Gasteiger partial charge in [0.15, 0.2) is 0 Å². The minimum Gasteiger partial charge on any atom is -0.385 e. The molecule has 0 radical (unpaired) electrons. The first-order valence-corrected chi connectivity index (χ1v) is 6.02. The Morgan fingerprint density at radius 1 is 0.722 bits per heavy atom. The second kappa shape index (κ2) is 2.90. The van der Waals surface area contributed by atoms with Crippen molar-refractivity contribution in [2.45, 2.75) is 13.8 Å². The van der Waals surface area contributed by atoms with Gasteiger partial charge in [0.1, 0.15) is 5.82 Å². The van der Waals surface area contributed by atoms with Crippen LogP contribution in [-0.2, 0) is 0 Å². The normalized spacial score (nSPS) is 12.1. The van der Waals surface area contributed by atoms with E-state index in [9.17, 15) is 0 Å². The van der Waals surface area contributed by atoms with Gasteiger partial charge in [0.05, 0.1) is 16.6 Å². The van der Waals surface area contributed by atoms with Crippen LogP contribution in [0, 0.1) is 13.8 Å². The third kappa shape index (κ3) is 1.05. The molecule has 0 aliphatic heterocycles. The average molecular weight is 238 g/mol. The highest BCUT2D eigenvalue weighted by Gasteiger charge is 2.13. The van der Waals surface area contributed by atoms with E-state index in [4.69, 9.17) is 5.73 Å². The number of aromatic amines is 3. The van der Waals surface area contributed by atoms with Gasteiger partial charge in [-0.2, -0.15) is 0 Å². The molecule has 0 atom stereocenters. The first-order valence-electron chi connectivity index (χ1n) is 6.02. The Morgan fingerprint density at radius 2 is 1.28 bits per heavy atom. The summed E-state index contributed by atoms with van der Waals surface area (Å²) in [6.07, 6.45) is 0. The molecule has 0 spiro atoms. The monoisotopic (exact) mass is 238 g/mol. The fourth-order valence-electron chi connectivity index (χ4n) is 2.88. The van der Waals surface area contributed by atoms with Crippen molar-refractivity contribution < 1.29 is 0 Å². The van der Waals surface area contributed by atoms with Gasteiger partial charge >= 0.3 is 0 Å². The Labute approximate surface area is 103 Å². The lowest BCUT2D eigenvalue weighted by Gasteiger charge is -1.97. The highest BCUT2D eigenvalue weighted by Crippen LogP contribution is 2.35. The van der Waals surface area contributed by atoms with E-state index in [1.54, 1.807) is 0 Å². The van der Waals surface area contributed by atoms with E-state index in [0.29, 0.717) is 5.82 Å². The Bertz CT molecular complexity index is 686. The number of aryl methyl sites for hydroxylation is 2. The van der Waals surface area contributed by atoms with Gasteiger partial charge < -0.3 is 20.7 Å². The molecule has 0 unspecified atom stereocenters. The van der Waals surface area contributed by atoms with Crippen molar-refractivity contribution in [2.24, 2.45) is 0 Å². The van der Waals surface area contributed by atoms with Gasteiger partial charge in [0, 0.05) is 27.5 Å². The molecule has 90 valence electrons. The van der Waals surface area contributed by atoms with Crippen LogP contribution in [0.5, 0.6) is 0 Å². The molecule has 3 aromatic heterocycles. The number of nitrogen functional groups attached to an aromatic ring is 1. The van der Waals surface area contributed by atoms with E-state index in [2.05, 4.69) is 40.9 Å². The number of fused-ring (bicyclic) bond motifs is 6. The van der Waals surface area contributed by atoms with Gasteiger partial charge in [0.2, 0.25) is 0 Å². The molecule has 1 aromatic carbocycles. The highest BCUT2D eigenvalue weighted by atomic mass is 14.9. The zero-order valence-corrected chi connectivity index (χ0v) is 10.3. The number of nitrogens with two attached hydrogens (primary N) is 1. The van der Waals surface area contributed by atoms with Crippen LogP contribution in [-0.4, -0.2) is 15.0 Å². The van der Waals surface area contributed by atoms with E-state index in [0.717, 1.165) is 27.9 Å². The van der Waals surface area contributed by atoms with E-state index < -0.39 is 0 Å². The number of nitrogens with one attached hydrogen (secondary N) is 3. The van der Waals surface area contributed by atoms with Crippen LogP contribution in [0.15, 0.2) is 18.2 Å². The van der Waals surface area contributed by atoms with Crippen molar-refractivity contribution >= 4 is 38.5 Å². The minimum atomic E-state index is 0.705. The van der Waals surface area contributed by atoms with Crippen molar-refractivity contribution in [2.75, 3.05) is 5.73 Å². The Morgan fingerprint density at radius 3 is 2.00 bits per heavy atom. The Hall–Kier alpha value is -2.36. The van der Waals surface area contributed by atoms with Gasteiger partial charge in [-0.3, -0.25) is 0 Å². The van der Waals surface area contributed by atoms with Crippen LogP contribution in [0.3, 0.4) is 0 Å². The zero-order valence-electron chi connectivity index (χ0n) is 10.3. The predicted octanol–water partition coefficient (Wildman–Crippen LogP) is 3.33. The SMILES string of the molecule is Cc1cc2c3cc(N)[nH]c3c3cc(C)[nH]c3c2[nH]1. The molecule has 3 heterocycles. The third-order valence-electron chi connectivity index (χ3n) is 3.55. The molecule has 0 aliphatic rings. The van der Waals surface area contributed by atoms with Gasteiger partial charge in [-0.25, -0.2) is 0 Å². The number of rotatable bonds is 0. The lowest BCUT2D eigenvalue weighted by Crippen LogP contribution is -1.81. The summed E-state index contributed by atoms with van der Waals surface area (Å²) in [5, 5.41) is 3.58. The lowest BCUT2D eigenvalue weighted by molar-refractivity contribution is 1.28. The maximum Gasteiger partial charge on any atom is 0.101 e. The molecular weight excluding hydrogens is 224 g/mol. The molecule has 18 heavy (non-hydrogen) atoms. The van der Waals surface area contributed by atoms with Crippen molar-refractivity contribution in [3.8, 4) is 0 Å². The first-order chi connectivity index (χ1) is 8.63. The minimum absolute atomic E-state index is 0.705. The molecule has 0 amide bonds. The summed E-state index contributed by atoms with van der Waals surface area (Å²) in [6.45, 7) is 4.14. The molecular formula is C14H14N4. The van der Waals surface area contributed by atoms with Crippen LogP contribution in [0.1, 0.15) is 11.4 Å². The van der Waals surface area contributed by atoms with E-state index in [1.165, 1.54) is 16.2 Å². The quantitative estimate of drug-likeness (QED) is 0.373. The average Bonchev–Trinajstić information content (AvgIpc) is 2.93. The topological polar surface area (TPSA) is 73.4 Å². The smallest absolute Gasteiger partial charge is 0.101 e. The second-order valence-electron chi connectivity index (χ2n) is 5.00. The summed E-state index contributed by atoms with van der Waals surface area (Å²) < 4.78 is 0. The molecule has 0 bridgehead atoms. The summed E-state index contributed by atoms with van der Waals surface area (Å²) in [5.74, 6) is 0.705. The van der Waals surface area contributed by atoms with Gasteiger partial charge in [-0.1, -0.05) is 0 Å². The summed E-state index contributed by atoms with van der Waals surface area (Å²) in [6, 6.07) is 6.33. The van der Waals surface area contributed by atoms with Crippen molar-refractivity contribution in [3.63, 3.8) is 0 Å². The number of hydrogen-bond acceptors (Lipinski definition) is 1. The number of aromatic nitrogens is 3. The number of anilines is 1. The van der Waals surface area contributed by atoms with Gasteiger partial charge in [0.25, 0.3) is 0 Å². The molecule has 0 aliphatic carbocycles. The molecule has 4 heteroatoms. The molecule has 0 saturated heterocycles. The predicted molar refractivity (Wildman–Crippen MR) is 75.9 cm³/mol. The lowest BCUT2D eigenvalue weighted by atomic mass is 10.1. The first kappa shape index (κ1) is 9.65. The summed E-state index contributed by atoms with van der Waals surface area (Å²) in [7, 11) is 0. The molecule has 4 rings (SSSR count). The maximum absolute atomic E-state index is 5.91. The number of benzene rings is 1. The summed E-state index contributed by atoms with van der Waals surface area (Å²) in [4.78, 5) is 10.1. The van der Waals surface area contributed by atoms with Gasteiger partial charge in [-0.15, -0.1) is 0 Å². The van der Waals surface area contributed by atoms with E-state index >= 15 is 0 Å². The fraction of sp³-hybridized carbons (Fsp3) is 0.143. The molecule has 0 fully saturated rings. The summed E-state index contributed by atoms with van der Waals surface area (Å²) >= 11 is 0. The van der Waals surface area contributed by atoms with Crippen LogP contribution >= 0.6 is 0 Å². The third-order valence-corrected chi connectivity index (χ3v) is 3.55.